The van der Waals surface area contributed by atoms with Crippen LogP contribution in [0.5, 0.6) is 0 Å². The molecule has 2 aliphatic heterocycles. The third-order valence-electron chi connectivity index (χ3n) is 10.1. The summed E-state index contributed by atoms with van der Waals surface area (Å²) in [5.74, 6) is 0.765. The fourth-order valence-corrected chi connectivity index (χ4v) is 11.7. The Balaban J connectivity index is 1.42. The van der Waals surface area contributed by atoms with Gasteiger partial charge in [-0.15, -0.1) is 6.58 Å². The smallest absolute Gasteiger partial charge is 0.0505 e. The second kappa shape index (κ2) is 4.85. The summed E-state index contributed by atoms with van der Waals surface area (Å²) in [5.41, 5.74) is 3.84. The van der Waals surface area contributed by atoms with Crippen molar-refractivity contribution in [1.82, 2.24) is 4.31 Å². The Morgan fingerprint density at radius 1 is 1.27 bits per heavy atom. The minimum Gasteiger partial charge on any atom is -0.240 e. The van der Waals surface area contributed by atoms with E-state index in [2.05, 4.69) is 76.5 Å². The van der Waals surface area contributed by atoms with Gasteiger partial charge in [0.05, 0.1) is 4.75 Å². The third-order valence-corrected chi connectivity index (χ3v) is 12.3. The molecule has 2 heterocycles. The summed E-state index contributed by atoms with van der Waals surface area (Å²) in [6, 6.07) is 1.57. The van der Waals surface area contributed by atoms with Gasteiger partial charge in [-0.25, -0.2) is 4.31 Å². The van der Waals surface area contributed by atoms with Crippen molar-refractivity contribution in [2.24, 2.45) is 27.6 Å². The first-order chi connectivity index (χ1) is 12.3. The van der Waals surface area contributed by atoms with Gasteiger partial charge in [0.15, 0.2) is 0 Å². The van der Waals surface area contributed by atoms with Crippen molar-refractivity contribution in [1.29, 1.82) is 0 Å². The molecule has 144 valence electrons. The molecule has 3 saturated carbocycles. The molecule has 1 nitrogen and oxygen atoms in total. The second-order valence-corrected chi connectivity index (χ2v) is 11.8. The van der Waals surface area contributed by atoms with E-state index in [0.29, 0.717) is 26.4 Å². The van der Waals surface area contributed by atoms with Crippen LogP contribution in [0, 0.1) is 27.6 Å². The summed E-state index contributed by atoms with van der Waals surface area (Å²) in [6.07, 6.45) is 12.9. The van der Waals surface area contributed by atoms with Gasteiger partial charge in [0.2, 0.25) is 0 Å². The first kappa shape index (κ1) is 17.9. The molecular weight excluding hydrogens is 334 g/mol. The molecule has 9 atom stereocenters. The number of nitrogens with zero attached hydrogens (tertiary/aromatic N) is 1. The van der Waals surface area contributed by atoms with Crippen LogP contribution < -0.4 is 0 Å². The van der Waals surface area contributed by atoms with Crippen LogP contribution in [0.2, 0.25) is 0 Å². The maximum atomic E-state index is 4.15. The monoisotopic (exact) mass is 371 g/mol. The SMILES string of the molecule is C=C(C)CCC1C2C(/C=C\CC)CCC3(C)C4(SN12)C1(C)C(C)(CC)C314. The van der Waals surface area contributed by atoms with E-state index in [1.807, 2.05) is 0 Å². The van der Waals surface area contributed by atoms with Gasteiger partial charge in [0.25, 0.3) is 0 Å². The molecule has 0 radical (unpaired) electrons. The zero-order valence-corrected chi connectivity index (χ0v) is 18.5. The Hall–Kier alpha value is -0.210. The van der Waals surface area contributed by atoms with E-state index in [9.17, 15) is 0 Å². The molecule has 2 heteroatoms. The fraction of sp³-hybridized carbons (Fsp3) is 0.833. The molecule has 5 rings (SSSR count). The molecule has 0 bridgehead atoms. The lowest BCUT2D eigenvalue weighted by Gasteiger charge is -2.33. The molecule has 0 aromatic rings. The molecule has 0 aromatic heterocycles. The van der Waals surface area contributed by atoms with Crippen LogP contribution in [-0.4, -0.2) is 21.1 Å². The van der Waals surface area contributed by atoms with Gasteiger partial charge in [-0.05, 0) is 67.6 Å². The predicted molar refractivity (Wildman–Crippen MR) is 113 cm³/mol. The van der Waals surface area contributed by atoms with Crippen LogP contribution in [0.15, 0.2) is 24.3 Å². The first-order valence-electron chi connectivity index (χ1n) is 11.0. The largest absolute Gasteiger partial charge is 0.240 e. The van der Waals surface area contributed by atoms with Gasteiger partial charge in [-0.3, -0.25) is 0 Å². The first-order valence-corrected chi connectivity index (χ1v) is 11.8. The topological polar surface area (TPSA) is 3.01 Å². The maximum absolute atomic E-state index is 4.15. The van der Waals surface area contributed by atoms with Gasteiger partial charge in [0.1, 0.15) is 0 Å². The van der Waals surface area contributed by atoms with Crippen molar-refractivity contribution in [3.05, 3.63) is 24.3 Å². The van der Waals surface area contributed by atoms with Crippen LogP contribution in [0.1, 0.15) is 80.1 Å². The number of hydrogen-bond donors (Lipinski definition) is 0. The maximum Gasteiger partial charge on any atom is 0.0505 e. The highest BCUT2D eigenvalue weighted by molar-refractivity contribution is 7.99. The fourth-order valence-electron chi connectivity index (χ4n) is 8.90. The van der Waals surface area contributed by atoms with E-state index in [0.717, 1.165) is 18.0 Å². The van der Waals surface area contributed by atoms with E-state index in [4.69, 9.17) is 0 Å². The average molecular weight is 372 g/mol. The Bertz CT molecular complexity index is 713. The van der Waals surface area contributed by atoms with Crippen molar-refractivity contribution in [2.75, 3.05) is 0 Å². The number of hydrogen-bond acceptors (Lipinski definition) is 2. The lowest BCUT2D eigenvalue weighted by molar-refractivity contribution is 0.285. The molecular formula is C24H37NS. The van der Waals surface area contributed by atoms with Crippen molar-refractivity contribution in [3.63, 3.8) is 0 Å². The van der Waals surface area contributed by atoms with Crippen LogP contribution in [0.3, 0.4) is 0 Å². The van der Waals surface area contributed by atoms with Crippen molar-refractivity contribution in [3.8, 4) is 0 Å². The normalized spacial score (nSPS) is 60.8. The zero-order valence-electron chi connectivity index (χ0n) is 17.7. The minimum absolute atomic E-state index is 0.591. The molecule has 2 spiro atoms. The molecule has 0 amide bonds. The summed E-state index contributed by atoms with van der Waals surface area (Å²) >= 11 is 2.33. The highest BCUT2D eigenvalue weighted by Gasteiger charge is 3.26. The number of allylic oxidation sites excluding steroid dienone is 2. The minimum atomic E-state index is 0.591. The lowest BCUT2D eigenvalue weighted by atomic mass is 9.81. The van der Waals surface area contributed by atoms with Gasteiger partial charge < -0.3 is 0 Å². The number of fused-ring (bicyclic) bond motifs is 1. The molecule has 2 saturated heterocycles. The molecule has 26 heavy (non-hydrogen) atoms. The molecule has 5 fully saturated rings. The molecule has 9 unspecified atom stereocenters. The summed E-state index contributed by atoms with van der Waals surface area (Å²) in [6.45, 7) is 18.9. The summed E-state index contributed by atoms with van der Waals surface area (Å²) in [7, 11) is 0. The average Bonchev–Trinajstić information content (AvgIpc) is 3.54. The second-order valence-electron chi connectivity index (χ2n) is 10.6. The van der Waals surface area contributed by atoms with Crippen molar-refractivity contribution in [2.45, 2.75) is 96.9 Å². The molecule has 0 aromatic carbocycles. The van der Waals surface area contributed by atoms with Gasteiger partial charge in [-0.2, -0.15) is 0 Å². The van der Waals surface area contributed by atoms with Crippen LogP contribution in [0.25, 0.3) is 0 Å². The van der Waals surface area contributed by atoms with Crippen molar-refractivity contribution < 1.29 is 0 Å². The molecule has 3 aliphatic carbocycles. The Morgan fingerprint density at radius 3 is 2.62 bits per heavy atom. The highest BCUT2D eigenvalue weighted by Crippen LogP contribution is 3.25. The highest BCUT2D eigenvalue weighted by atomic mass is 32.2. The standard InChI is InChI=1S/C24H37NS/c1-8-10-11-17-14-15-21(6)23-20(5,9-2)22(23,7)24(21,23)26-25-18(19(17)25)13-12-16(3)4/h10-11,17-19H,3,8-9,12-15H2,1-2,4-7H3/b11-10-. The van der Waals surface area contributed by atoms with E-state index in [1.165, 1.54) is 44.1 Å². The van der Waals surface area contributed by atoms with Crippen LogP contribution in [-0.2, 0) is 0 Å². The Labute approximate surface area is 165 Å². The molecule has 5 aliphatic rings. The van der Waals surface area contributed by atoms with Gasteiger partial charge in [-0.1, -0.05) is 64.3 Å². The van der Waals surface area contributed by atoms with E-state index in [-0.39, 0.29) is 0 Å². The van der Waals surface area contributed by atoms with E-state index in [1.54, 1.807) is 0 Å². The predicted octanol–water partition coefficient (Wildman–Crippen LogP) is 6.61. The zero-order chi connectivity index (χ0) is 18.8. The van der Waals surface area contributed by atoms with Crippen LogP contribution >= 0.6 is 11.9 Å². The van der Waals surface area contributed by atoms with E-state index < -0.39 is 0 Å². The van der Waals surface area contributed by atoms with Crippen molar-refractivity contribution >= 4 is 11.9 Å². The molecule has 0 N–H and O–H groups in total. The lowest BCUT2D eigenvalue weighted by Crippen LogP contribution is -2.31. The van der Waals surface area contributed by atoms with E-state index >= 15 is 0 Å². The van der Waals surface area contributed by atoms with Gasteiger partial charge in [0, 0.05) is 17.5 Å². The quantitative estimate of drug-likeness (QED) is 0.293. The Morgan fingerprint density at radius 2 is 2.00 bits per heavy atom. The number of rotatable bonds is 6. The Kier molecular flexibility index (Phi) is 3.33. The summed E-state index contributed by atoms with van der Waals surface area (Å²) in [5, 5.41) is 0. The summed E-state index contributed by atoms with van der Waals surface area (Å²) < 4.78 is 3.45. The van der Waals surface area contributed by atoms with Crippen LogP contribution in [0.4, 0.5) is 0 Å². The third kappa shape index (κ3) is 1.40. The van der Waals surface area contributed by atoms with Gasteiger partial charge >= 0.3 is 0 Å². The summed E-state index contributed by atoms with van der Waals surface area (Å²) in [4.78, 5) is 0.